The van der Waals surface area contributed by atoms with Gasteiger partial charge < -0.3 is 10.0 Å². The van der Waals surface area contributed by atoms with Crippen molar-refractivity contribution in [1.82, 2.24) is 9.55 Å². The summed E-state index contributed by atoms with van der Waals surface area (Å²) in [7, 11) is 1.68. The van der Waals surface area contributed by atoms with E-state index >= 15 is 0 Å². The lowest BCUT2D eigenvalue weighted by atomic mass is 9.99. The van der Waals surface area contributed by atoms with Gasteiger partial charge in [-0.15, -0.1) is 0 Å². The summed E-state index contributed by atoms with van der Waals surface area (Å²) < 4.78 is 1.49. The Morgan fingerprint density at radius 1 is 1.58 bits per heavy atom. The third kappa shape index (κ3) is 2.77. The van der Waals surface area contributed by atoms with Crippen molar-refractivity contribution in [3.63, 3.8) is 0 Å². The maximum atomic E-state index is 11.9. The Morgan fingerprint density at radius 3 is 2.95 bits per heavy atom. The van der Waals surface area contributed by atoms with Gasteiger partial charge in [0.05, 0.1) is 5.92 Å². The average molecular weight is 265 g/mol. The summed E-state index contributed by atoms with van der Waals surface area (Å²) in [5.41, 5.74) is 0.648. The van der Waals surface area contributed by atoms with E-state index in [1.165, 1.54) is 10.6 Å². The molecular weight excluding hydrogens is 246 g/mol. The molecule has 1 aromatic rings. The second kappa shape index (κ2) is 5.42. The fraction of sp³-hybridized carbons (Fsp3) is 0.615. The first-order chi connectivity index (χ1) is 9.02. The van der Waals surface area contributed by atoms with Gasteiger partial charge in [0.2, 0.25) is 5.95 Å². The molecule has 0 bridgehead atoms. The van der Waals surface area contributed by atoms with Gasteiger partial charge in [-0.25, -0.2) is 4.98 Å². The number of aliphatic carboxylic acids is 1. The van der Waals surface area contributed by atoms with E-state index in [1.807, 2.05) is 11.8 Å². The first-order valence-corrected chi connectivity index (χ1v) is 6.57. The lowest BCUT2D eigenvalue weighted by Gasteiger charge is -2.32. The lowest BCUT2D eigenvalue weighted by Crippen LogP contribution is -2.42. The predicted molar refractivity (Wildman–Crippen MR) is 71.4 cm³/mol. The standard InChI is InChI=1S/C13H19N3O3/c1-3-10-7-11(17)15(2)13(14-10)16-6-4-5-9(8-16)12(18)19/h7,9H,3-6,8H2,1-2H3,(H,18,19). The normalized spacial score (nSPS) is 19.5. The molecule has 0 saturated carbocycles. The van der Waals surface area contributed by atoms with Crippen LogP contribution in [0.4, 0.5) is 5.95 Å². The Labute approximate surface area is 111 Å². The minimum absolute atomic E-state index is 0.0979. The van der Waals surface area contributed by atoms with Crippen LogP contribution in [-0.4, -0.2) is 33.7 Å². The number of aromatic nitrogens is 2. The minimum atomic E-state index is -0.777. The van der Waals surface area contributed by atoms with E-state index in [-0.39, 0.29) is 11.5 Å². The molecule has 2 heterocycles. The Kier molecular flexibility index (Phi) is 3.87. The summed E-state index contributed by atoms with van der Waals surface area (Å²) in [5, 5.41) is 9.11. The van der Waals surface area contributed by atoms with Crippen molar-refractivity contribution < 1.29 is 9.90 Å². The van der Waals surface area contributed by atoms with E-state index in [4.69, 9.17) is 5.11 Å². The van der Waals surface area contributed by atoms with Gasteiger partial charge in [0, 0.05) is 31.9 Å². The molecule has 1 aliphatic rings. The van der Waals surface area contributed by atoms with Crippen LogP contribution in [0, 0.1) is 5.92 Å². The third-order valence-electron chi connectivity index (χ3n) is 3.58. The number of aryl methyl sites for hydroxylation is 1. The van der Waals surface area contributed by atoms with Crippen molar-refractivity contribution in [2.24, 2.45) is 13.0 Å². The highest BCUT2D eigenvalue weighted by Crippen LogP contribution is 2.21. The van der Waals surface area contributed by atoms with Crippen molar-refractivity contribution in [3.05, 3.63) is 22.1 Å². The highest BCUT2D eigenvalue weighted by molar-refractivity contribution is 5.71. The van der Waals surface area contributed by atoms with Crippen LogP contribution in [0.15, 0.2) is 10.9 Å². The number of carboxylic acids is 1. The fourth-order valence-electron chi connectivity index (χ4n) is 2.40. The van der Waals surface area contributed by atoms with Gasteiger partial charge in [-0.1, -0.05) is 6.92 Å². The summed E-state index contributed by atoms with van der Waals surface area (Å²) >= 11 is 0. The number of hydrogen-bond acceptors (Lipinski definition) is 4. The van der Waals surface area contributed by atoms with Gasteiger partial charge >= 0.3 is 5.97 Å². The molecular formula is C13H19N3O3. The molecule has 6 heteroatoms. The highest BCUT2D eigenvalue weighted by atomic mass is 16.4. The molecule has 1 aromatic heterocycles. The second-order valence-electron chi connectivity index (χ2n) is 4.92. The third-order valence-corrected chi connectivity index (χ3v) is 3.58. The Morgan fingerprint density at radius 2 is 2.32 bits per heavy atom. The molecule has 1 aliphatic heterocycles. The van der Waals surface area contributed by atoms with Gasteiger partial charge in [0.1, 0.15) is 0 Å². The first kappa shape index (κ1) is 13.6. The van der Waals surface area contributed by atoms with Crippen LogP contribution >= 0.6 is 0 Å². The monoisotopic (exact) mass is 265 g/mol. The molecule has 1 N–H and O–H groups in total. The average Bonchev–Trinajstić information content (AvgIpc) is 2.41. The van der Waals surface area contributed by atoms with Gasteiger partial charge in [-0.3, -0.25) is 14.2 Å². The van der Waals surface area contributed by atoms with Crippen LogP contribution in [0.3, 0.4) is 0 Å². The maximum Gasteiger partial charge on any atom is 0.308 e. The summed E-state index contributed by atoms with van der Waals surface area (Å²) in [4.78, 5) is 29.3. The van der Waals surface area contributed by atoms with Crippen molar-refractivity contribution in [2.75, 3.05) is 18.0 Å². The van der Waals surface area contributed by atoms with Crippen molar-refractivity contribution in [1.29, 1.82) is 0 Å². The van der Waals surface area contributed by atoms with Crippen LogP contribution < -0.4 is 10.5 Å². The van der Waals surface area contributed by atoms with E-state index in [1.54, 1.807) is 7.05 Å². The number of carbonyl (C=O) groups is 1. The lowest BCUT2D eigenvalue weighted by molar-refractivity contribution is -0.141. The van der Waals surface area contributed by atoms with E-state index in [9.17, 15) is 9.59 Å². The Bertz CT molecular complexity index is 538. The van der Waals surface area contributed by atoms with E-state index in [2.05, 4.69) is 4.98 Å². The quantitative estimate of drug-likeness (QED) is 0.868. The van der Waals surface area contributed by atoms with Crippen molar-refractivity contribution in [3.8, 4) is 0 Å². The zero-order valence-electron chi connectivity index (χ0n) is 11.3. The molecule has 6 nitrogen and oxygen atoms in total. The Hall–Kier alpha value is -1.85. The molecule has 1 atom stereocenters. The van der Waals surface area contributed by atoms with Crippen LogP contribution in [0.5, 0.6) is 0 Å². The van der Waals surface area contributed by atoms with Gasteiger partial charge in [-0.2, -0.15) is 0 Å². The predicted octanol–water partition coefficient (Wildman–Crippen LogP) is 0.644. The van der Waals surface area contributed by atoms with E-state index in [0.717, 1.165) is 18.7 Å². The molecule has 19 heavy (non-hydrogen) atoms. The number of nitrogens with zero attached hydrogens (tertiary/aromatic N) is 3. The SMILES string of the molecule is CCc1cc(=O)n(C)c(N2CCCC(C(=O)O)C2)n1. The molecule has 0 radical (unpaired) electrons. The largest absolute Gasteiger partial charge is 0.481 e. The van der Waals surface area contributed by atoms with E-state index in [0.29, 0.717) is 25.3 Å². The van der Waals surface area contributed by atoms with Gasteiger partial charge in [0.25, 0.3) is 5.56 Å². The molecule has 0 spiro atoms. The van der Waals surface area contributed by atoms with Gasteiger partial charge in [0.15, 0.2) is 0 Å². The smallest absolute Gasteiger partial charge is 0.308 e. The van der Waals surface area contributed by atoms with Crippen LogP contribution in [0.2, 0.25) is 0 Å². The topological polar surface area (TPSA) is 75.4 Å². The van der Waals surface area contributed by atoms with Crippen LogP contribution in [0.25, 0.3) is 0 Å². The number of anilines is 1. The summed E-state index contributed by atoms with van der Waals surface area (Å²) in [6.45, 7) is 3.11. The molecule has 1 saturated heterocycles. The van der Waals surface area contributed by atoms with Crippen molar-refractivity contribution in [2.45, 2.75) is 26.2 Å². The van der Waals surface area contributed by atoms with Crippen LogP contribution in [-0.2, 0) is 18.3 Å². The number of piperidine rings is 1. The summed E-state index contributed by atoms with van der Waals surface area (Å²) in [6.07, 6.45) is 2.19. The fourth-order valence-corrected chi connectivity index (χ4v) is 2.40. The van der Waals surface area contributed by atoms with Crippen molar-refractivity contribution >= 4 is 11.9 Å². The summed E-state index contributed by atoms with van der Waals surface area (Å²) in [5.74, 6) is -0.576. The van der Waals surface area contributed by atoms with Gasteiger partial charge in [-0.05, 0) is 19.3 Å². The molecule has 1 unspecified atom stereocenters. The minimum Gasteiger partial charge on any atom is -0.481 e. The molecule has 0 aliphatic carbocycles. The molecule has 1 fully saturated rings. The summed E-state index contributed by atoms with van der Waals surface area (Å²) in [6, 6.07) is 1.53. The molecule has 0 aromatic carbocycles. The number of carboxylic acid groups (broad SMARTS) is 1. The zero-order valence-corrected chi connectivity index (χ0v) is 11.3. The van der Waals surface area contributed by atoms with Crippen LogP contribution in [0.1, 0.15) is 25.5 Å². The molecule has 2 rings (SSSR count). The molecule has 104 valence electrons. The first-order valence-electron chi connectivity index (χ1n) is 6.57. The zero-order chi connectivity index (χ0) is 14.0. The highest BCUT2D eigenvalue weighted by Gasteiger charge is 2.27. The number of hydrogen-bond donors (Lipinski definition) is 1. The maximum absolute atomic E-state index is 11.9. The second-order valence-corrected chi connectivity index (χ2v) is 4.92. The molecule has 0 amide bonds. The van der Waals surface area contributed by atoms with E-state index < -0.39 is 5.97 Å². The Balaban J connectivity index is 2.33. The number of rotatable bonds is 3.